The van der Waals surface area contributed by atoms with E-state index in [-0.39, 0.29) is 5.91 Å². The van der Waals surface area contributed by atoms with Crippen molar-refractivity contribution in [1.29, 1.82) is 0 Å². The zero-order chi connectivity index (χ0) is 23.5. The molecule has 4 rings (SSSR count). The number of rotatable bonds is 7. The number of carbonyl (C=O) groups is 1. The largest absolute Gasteiger partial charge is 0.480 e. The maximum absolute atomic E-state index is 12.9. The highest BCUT2D eigenvalue weighted by Crippen LogP contribution is 2.27. The molecule has 0 atom stereocenters. The van der Waals surface area contributed by atoms with Gasteiger partial charge < -0.3 is 19.4 Å². The van der Waals surface area contributed by atoms with Crippen molar-refractivity contribution in [3.05, 3.63) is 83.6 Å². The fraction of sp³-hybridized carbons (Fsp3) is 0.200. The van der Waals surface area contributed by atoms with E-state index < -0.39 is 0 Å². The molecular weight excluding hydrogens is 418 g/mol. The van der Waals surface area contributed by atoms with E-state index in [1.54, 1.807) is 6.07 Å². The number of aromatic nitrogens is 3. The van der Waals surface area contributed by atoms with E-state index in [1.807, 2.05) is 56.4 Å². The lowest BCUT2D eigenvalue weighted by Crippen LogP contribution is -2.13. The molecule has 4 aromatic rings. The average Bonchev–Trinajstić information content (AvgIpc) is 3.20. The molecule has 168 valence electrons. The Morgan fingerprint density at radius 3 is 2.58 bits per heavy atom. The van der Waals surface area contributed by atoms with E-state index in [4.69, 9.17) is 9.15 Å². The molecule has 0 saturated heterocycles. The van der Waals surface area contributed by atoms with E-state index in [1.165, 1.54) is 19.5 Å². The van der Waals surface area contributed by atoms with Gasteiger partial charge in [-0.1, -0.05) is 12.6 Å². The Kier molecular flexibility index (Phi) is 6.08. The summed E-state index contributed by atoms with van der Waals surface area (Å²) < 4.78 is 10.8. The van der Waals surface area contributed by atoms with E-state index in [0.29, 0.717) is 29.3 Å². The molecular formula is C25H25N5O3. The van der Waals surface area contributed by atoms with Gasteiger partial charge in [0.2, 0.25) is 5.88 Å². The van der Waals surface area contributed by atoms with Gasteiger partial charge in [0.25, 0.3) is 5.91 Å². The van der Waals surface area contributed by atoms with E-state index in [9.17, 15) is 4.79 Å². The van der Waals surface area contributed by atoms with Gasteiger partial charge in [-0.25, -0.2) is 9.97 Å². The van der Waals surface area contributed by atoms with E-state index >= 15 is 0 Å². The number of methoxy groups -OCH3 is 1. The van der Waals surface area contributed by atoms with Gasteiger partial charge in [-0.05, 0) is 48.7 Å². The molecule has 8 nitrogen and oxygen atoms in total. The van der Waals surface area contributed by atoms with Gasteiger partial charge in [-0.3, -0.25) is 9.78 Å². The molecule has 3 aromatic heterocycles. The number of aryl methyl sites for hydroxylation is 1. The van der Waals surface area contributed by atoms with Crippen LogP contribution in [-0.2, 0) is 6.42 Å². The second kappa shape index (κ2) is 9.12. The minimum Gasteiger partial charge on any atom is -0.480 e. The summed E-state index contributed by atoms with van der Waals surface area (Å²) in [6, 6.07) is 9.57. The number of pyridine rings is 1. The Morgan fingerprint density at radius 1 is 1.12 bits per heavy atom. The number of amides is 1. The zero-order valence-electron chi connectivity index (χ0n) is 19.0. The Labute approximate surface area is 191 Å². The lowest BCUT2D eigenvalue weighted by Gasteiger charge is -2.15. The van der Waals surface area contributed by atoms with E-state index in [0.717, 1.165) is 33.7 Å². The van der Waals surface area contributed by atoms with Gasteiger partial charge in [-0.2, -0.15) is 0 Å². The molecule has 0 radical (unpaired) electrons. The lowest BCUT2D eigenvalue weighted by molar-refractivity contribution is 0.102. The number of carbonyl (C=O) groups excluding carboxylic acids is 1. The Morgan fingerprint density at radius 2 is 1.94 bits per heavy atom. The molecule has 0 aliphatic rings. The first-order valence-electron chi connectivity index (χ1n) is 10.4. The summed E-state index contributed by atoms with van der Waals surface area (Å²) in [4.78, 5) is 27.6. The number of benzene rings is 1. The first kappa shape index (κ1) is 22.0. The molecule has 1 amide bonds. The van der Waals surface area contributed by atoms with Crippen LogP contribution < -0.4 is 10.1 Å². The Hall–Kier alpha value is -4.20. The monoisotopic (exact) mass is 443 g/mol. The maximum Gasteiger partial charge on any atom is 0.257 e. The quantitative estimate of drug-likeness (QED) is 0.455. The number of fused-ring (bicyclic) bond motifs is 1. The minimum atomic E-state index is -0.303. The standard InChI is InChI=1S/C25H25N5O3/c1-15-8-20-18(9-17-6-7-21(26-12-17)16(2)30(3)4)10-19(11-22(20)33-15)25(31)29-23-13-28-24(32-5)14-27-23/h6-8,10-14H,2,9H2,1,3-5H3,(H,27,29,31). The summed E-state index contributed by atoms with van der Waals surface area (Å²) in [6.07, 6.45) is 5.33. The van der Waals surface area contributed by atoms with Crippen molar-refractivity contribution in [3.8, 4) is 5.88 Å². The third-order valence-corrected chi connectivity index (χ3v) is 5.24. The summed E-state index contributed by atoms with van der Waals surface area (Å²) >= 11 is 0. The van der Waals surface area contributed by atoms with Crippen LogP contribution in [0.1, 0.15) is 32.9 Å². The number of hydrogen-bond donors (Lipinski definition) is 1. The third kappa shape index (κ3) is 4.85. The fourth-order valence-corrected chi connectivity index (χ4v) is 3.44. The molecule has 1 N–H and O–H groups in total. The molecule has 0 bridgehead atoms. The Balaban J connectivity index is 1.62. The van der Waals surface area contributed by atoms with Crippen LogP contribution >= 0.6 is 0 Å². The molecule has 8 heteroatoms. The van der Waals surface area contributed by atoms with Crippen molar-refractivity contribution < 1.29 is 13.9 Å². The van der Waals surface area contributed by atoms with Crippen LogP contribution in [0.4, 0.5) is 5.82 Å². The van der Waals surface area contributed by atoms with E-state index in [2.05, 4.69) is 26.8 Å². The molecule has 0 saturated carbocycles. The zero-order valence-corrected chi connectivity index (χ0v) is 19.0. The summed E-state index contributed by atoms with van der Waals surface area (Å²) in [6.45, 7) is 5.94. The Bertz CT molecular complexity index is 1310. The van der Waals surface area contributed by atoms with Crippen molar-refractivity contribution in [2.45, 2.75) is 13.3 Å². The minimum absolute atomic E-state index is 0.303. The van der Waals surface area contributed by atoms with Gasteiger partial charge in [0.15, 0.2) is 5.82 Å². The van der Waals surface area contributed by atoms with Gasteiger partial charge in [0, 0.05) is 31.2 Å². The summed E-state index contributed by atoms with van der Waals surface area (Å²) in [7, 11) is 5.37. The molecule has 0 unspecified atom stereocenters. The molecule has 0 aliphatic heterocycles. The van der Waals surface area contributed by atoms with Gasteiger partial charge in [-0.15, -0.1) is 0 Å². The van der Waals surface area contributed by atoms with Crippen molar-refractivity contribution in [1.82, 2.24) is 19.9 Å². The van der Waals surface area contributed by atoms with Gasteiger partial charge in [0.05, 0.1) is 30.9 Å². The highest BCUT2D eigenvalue weighted by molar-refractivity contribution is 6.06. The van der Waals surface area contributed by atoms with Crippen LogP contribution in [0.3, 0.4) is 0 Å². The second-order valence-electron chi connectivity index (χ2n) is 7.87. The molecule has 0 spiro atoms. The SMILES string of the molecule is C=C(c1ccc(Cc2cc(C(=O)Nc3cnc(OC)cn3)cc3oc(C)cc23)cn1)N(C)C. The van der Waals surface area contributed by atoms with Gasteiger partial charge >= 0.3 is 0 Å². The molecule has 0 fully saturated rings. The number of nitrogens with one attached hydrogen (secondary N) is 1. The fourth-order valence-electron chi connectivity index (χ4n) is 3.44. The maximum atomic E-state index is 12.9. The summed E-state index contributed by atoms with van der Waals surface area (Å²) in [5, 5.41) is 3.73. The normalized spacial score (nSPS) is 10.8. The van der Waals surface area contributed by atoms with Crippen molar-refractivity contribution in [2.24, 2.45) is 0 Å². The second-order valence-corrected chi connectivity index (χ2v) is 7.87. The predicted molar refractivity (Wildman–Crippen MR) is 127 cm³/mol. The highest BCUT2D eigenvalue weighted by Gasteiger charge is 2.15. The van der Waals surface area contributed by atoms with Crippen LogP contribution in [0.5, 0.6) is 5.88 Å². The van der Waals surface area contributed by atoms with Crippen molar-refractivity contribution in [2.75, 3.05) is 26.5 Å². The van der Waals surface area contributed by atoms with Crippen molar-refractivity contribution >= 4 is 28.4 Å². The molecule has 1 aromatic carbocycles. The molecule has 0 aliphatic carbocycles. The number of nitrogens with zero attached hydrogens (tertiary/aromatic N) is 4. The molecule has 33 heavy (non-hydrogen) atoms. The van der Waals surface area contributed by atoms with Crippen molar-refractivity contribution in [3.63, 3.8) is 0 Å². The predicted octanol–water partition coefficient (Wildman–Crippen LogP) is 4.31. The van der Waals surface area contributed by atoms with Crippen LogP contribution in [-0.4, -0.2) is 47.0 Å². The number of furan rings is 1. The van der Waals surface area contributed by atoms with Crippen LogP contribution in [0.25, 0.3) is 16.7 Å². The number of ether oxygens (including phenoxy) is 1. The highest BCUT2D eigenvalue weighted by atomic mass is 16.5. The smallest absolute Gasteiger partial charge is 0.257 e. The van der Waals surface area contributed by atoms with Crippen LogP contribution in [0, 0.1) is 6.92 Å². The summed E-state index contributed by atoms with van der Waals surface area (Å²) in [5.74, 6) is 1.18. The number of hydrogen-bond acceptors (Lipinski definition) is 7. The molecule has 3 heterocycles. The number of anilines is 1. The topological polar surface area (TPSA) is 93.4 Å². The van der Waals surface area contributed by atoms with Crippen LogP contribution in [0.2, 0.25) is 0 Å². The first-order chi connectivity index (χ1) is 15.8. The lowest BCUT2D eigenvalue weighted by atomic mass is 9.99. The third-order valence-electron chi connectivity index (χ3n) is 5.24. The summed E-state index contributed by atoms with van der Waals surface area (Å²) in [5.41, 5.74) is 4.77. The first-order valence-corrected chi connectivity index (χ1v) is 10.4. The average molecular weight is 444 g/mol. The van der Waals surface area contributed by atoms with Gasteiger partial charge in [0.1, 0.15) is 11.3 Å². The van der Waals surface area contributed by atoms with Crippen LogP contribution in [0.15, 0.2) is 59.9 Å².